The Morgan fingerprint density at radius 3 is 2.50 bits per heavy atom. The lowest BCUT2D eigenvalue weighted by Crippen LogP contribution is -2.32. The Hall–Kier alpha value is -2.16. The van der Waals surface area contributed by atoms with Gasteiger partial charge in [-0.2, -0.15) is 5.26 Å². The second-order valence-corrected chi connectivity index (χ2v) is 2.92. The first-order chi connectivity index (χ1) is 7.61. The standard InChI is InChI=1S/C10H9F2N3O/c11-9(12)6-14-10(16)15-8-3-1-7(5-13)2-4-8/h1-4,9H,6H2,(H2,14,15,16). The Balaban J connectivity index is 2.47. The van der Waals surface area contributed by atoms with E-state index < -0.39 is 19.0 Å². The normalized spacial score (nSPS) is 9.62. The molecule has 16 heavy (non-hydrogen) atoms. The topological polar surface area (TPSA) is 64.9 Å². The van der Waals surface area contributed by atoms with Crippen molar-refractivity contribution in [2.75, 3.05) is 11.9 Å². The molecule has 1 aromatic carbocycles. The van der Waals surface area contributed by atoms with Gasteiger partial charge in [0.15, 0.2) is 0 Å². The monoisotopic (exact) mass is 225 g/mol. The number of amides is 2. The van der Waals surface area contributed by atoms with Crippen molar-refractivity contribution in [2.45, 2.75) is 6.43 Å². The van der Waals surface area contributed by atoms with Gasteiger partial charge in [0.2, 0.25) is 0 Å². The number of carbonyl (C=O) groups excluding carboxylic acids is 1. The second-order valence-electron chi connectivity index (χ2n) is 2.92. The summed E-state index contributed by atoms with van der Waals surface area (Å²) < 4.78 is 23.5. The highest BCUT2D eigenvalue weighted by atomic mass is 19.3. The summed E-state index contributed by atoms with van der Waals surface area (Å²) in [5.74, 6) is 0. The van der Waals surface area contributed by atoms with Crippen LogP contribution in [0.3, 0.4) is 0 Å². The summed E-state index contributed by atoms with van der Waals surface area (Å²) in [5, 5.41) is 12.9. The average molecular weight is 225 g/mol. The minimum atomic E-state index is -2.58. The lowest BCUT2D eigenvalue weighted by atomic mass is 10.2. The lowest BCUT2D eigenvalue weighted by molar-refractivity contribution is 0.148. The van der Waals surface area contributed by atoms with E-state index in [0.717, 1.165) is 0 Å². The van der Waals surface area contributed by atoms with E-state index >= 15 is 0 Å². The number of urea groups is 1. The van der Waals surface area contributed by atoms with Crippen LogP contribution in [0.2, 0.25) is 0 Å². The molecule has 0 aliphatic rings. The smallest absolute Gasteiger partial charge is 0.319 e. The van der Waals surface area contributed by atoms with Crippen molar-refractivity contribution in [1.29, 1.82) is 5.26 Å². The summed E-state index contributed by atoms with van der Waals surface area (Å²) in [7, 11) is 0. The number of halogens is 2. The van der Waals surface area contributed by atoms with Crippen molar-refractivity contribution in [1.82, 2.24) is 5.32 Å². The van der Waals surface area contributed by atoms with E-state index in [-0.39, 0.29) is 0 Å². The molecule has 0 spiro atoms. The van der Waals surface area contributed by atoms with Gasteiger partial charge in [-0.1, -0.05) is 0 Å². The van der Waals surface area contributed by atoms with Gasteiger partial charge >= 0.3 is 6.03 Å². The van der Waals surface area contributed by atoms with Gasteiger partial charge < -0.3 is 10.6 Å². The Bertz CT molecular complexity index is 398. The van der Waals surface area contributed by atoms with E-state index in [1.165, 1.54) is 24.3 Å². The molecule has 2 N–H and O–H groups in total. The van der Waals surface area contributed by atoms with Crippen molar-refractivity contribution in [2.24, 2.45) is 0 Å². The summed E-state index contributed by atoms with van der Waals surface area (Å²) in [6.07, 6.45) is -2.58. The minimum absolute atomic E-state index is 0.436. The molecule has 0 fully saturated rings. The number of carbonyl (C=O) groups is 1. The van der Waals surface area contributed by atoms with E-state index in [4.69, 9.17) is 5.26 Å². The minimum Gasteiger partial charge on any atom is -0.332 e. The summed E-state index contributed by atoms with van der Waals surface area (Å²) in [6, 6.07) is 7.28. The van der Waals surface area contributed by atoms with Crippen molar-refractivity contribution in [3.8, 4) is 6.07 Å². The zero-order valence-corrected chi connectivity index (χ0v) is 8.21. The molecule has 0 aliphatic heterocycles. The number of hydrogen-bond acceptors (Lipinski definition) is 2. The fourth-order valence-electron chi connectivity index (χ4n) is 0.973. The van der Waals surface area contributed by atoms with Crippen molar-refractivity contribution in [3.05, 3.63) is 29.8 Å². The number of hydrogen-bond donors (Lipinski definition) is 2. The number of anilines is 1. The first kappa shape index (κ1) is 11.9. The molecule has 0 unspecified atom stereocenters. The fourth-order valence-corrected chi connectivity index (χ4v) is 0.973. The van der Waals surface area contributed by atoms with Gasteiger partial charge in [0.05, 0.1) is 18.2 Å². The number of nitrogens with zero attached hydrogens (tertiary/aromatic N) is 1. The molecular weight excluding hydrogens is 216 g/mol. The van der Waals surface area contributed by atoms with Crippen LogP contribution in [-0.4, -0.2) is 19.0 Å². The predicted molar refractivity (Wildman–Crippen MR) is 54.2 cm³/mol. The van der Waals surface area contributed by atoms with E-state index in [1.807, 2.05) is 11.4 Å². The SMILES string of the molecule is N#Cc1ccc(NC(=O)NCC(F)F)cc1. The Morgan fingerprint density at radius 1 is 1.38 bits per heavy atom. The van der Waals surface area contributed by atoms with Crippen LogP contribution in [0.5, 0.6) is 0 Å². The van der Waals surface area contributed by atoms with Crippen molar-refractivity contribution < 1.29 is 13.6 Å². The number of nitriles is 1. The van der Waals surface area contributed by atoms with Crippen LogP contribution < -0.4 is 10.6 Å². The molecule has 1 rings (SSSR count). The number of nitrogens with one attached hydrogen (secondary N) is 2. The fraction of sp³-hybridized carbons (Fsp3) is 0.200. The molecule has 0 heterocycles. The molecule has 6 heteroatoms. The second kappa shape index (κ2) is 5.66. The predicted octanol–water partition coefficient (Wildman–Crippen LogP) is 1.94. The maximum atomic E-state index is 11.8. The third-order valence-corrected chi connectivity index (χ3v) is 1.69. The van der Waals surface area contributed by atoms with Crippen molar-refractivity contribution >= 4 is 11.7 Å². The molecule has 4 nitrogen and oxygen atoms in total. The highest BCUT2D eigenvalue weighted by Crippen LogP contribution is 2.08. The Kier molecular flexibility index (Phi) is 4.21. The van der Waals surface area contributed by atoms with E-state index in [9.17, 15) is 13.6 Å². The summed E-state index contributed by atoms with van der Waals surface area (Å²) in [4.78, 5) is 11.1. The van der Waals surface area contributed by atoms with Gasteiger partial charge in [-0.25, -0.2) is 13.6 Å². The molecule has 0 saturated heterocycles. The van der Waals surface area contributed by atoms with Crippen LogP contribution in [0.4, 0.5) is 19.3 Å². The molecule has 84 valence electrons. The van der Waals surface area contributed by atoms with E-state index in [0.29, 0.717) is 11.3 Å². The van der Waals surface area contributed by atoms with Gasteiger partial charge in [-0.15, -0.1) is 0 Å². The third-order valence-electron chi connectivity index (χ3n) is 1.69. The largest absolute Gasteiger partial charge is 0.332 e. The summed E-state index contributed by atoms with van der Waals surface area (Å²) >= 11 is 0. The van der Waals surface area contributed by atoms with E-state index in [1.54, 1.807) is 0 Å². The Labute approximate surface area is 90.9 Å². The molecule has 0 saturated carbocycles. The number of rotatable bonds is 3. The zero-order chi connectivity index (χ0) is 12.0. The van der Waals surface area contributed by atoms with Gasteiger partial charge in [0.25, 0.3) is 6.43 Å². The highest BCUT2D eigenvalue weighted by Gasteiger charge is 2.05. The highest BCUT2D eigenvalue weighted by molar-refractivity contribution is 5.89. The first-order valence-electron chi connectivity index (χ1n) is 4.45. The molecular formula is C10H9F2N3O. The van der Waals surface area contributed by atoms with Gasteiger partial charge in [-0.3, -0.25) is 0 Å². The maximum Gasteiger partial charge on any atom is 0.319 e. The average Bonchev–Trinajstić information content (AvgIpc) is 2.27. The van der Waals surface area contributed by atoms with Gasteiger partial charge in [0, 0.05) is 5.69 Å². The van der Waals surface area contributed by atoms with Crippen molar-refractivity contribution in [3.63, 3.8) is 0 Å². The van der Waals surface area contributed by atoms with Gasteiger partial charge in [0.1, 0.15) is 0 Å². The zero-order valence-electron chi connectivity index (χ0n) is 8.21. The lowest BCUT2D eigenvalue weighted by Gasteiger charge is -2.06. The molecule has 0 aliphatic carbocycles. The first-order valence-corrected chi connectivity index (χ1v) is 4.45. The molecule has 0 bridgehead atoms. The number of benzene rings is 1. The van der Waals surface area contributed by atoms with E-state index in [2.05, 4.69) is 5.32 Å². The maximum absolute atomic E-state index is 11.8. The molecule has 0 atom stereocenters. The quantitative estimate of drug-likeness (QED) is 0.825. The van der Waals surface area contributed by atoms with Gasteiger partial charge in [-0.05, 0) is 24.3 Å². The summed E-state index contributed by atoms with van der Waals surface area (Å²) in [5.41, 5.74) is 0.893. The molecule has 2 amide bonds. The third kappa shape index (κ3) is 3.92. The van der Waals surface area contributed by atoms with Crippen LogP contribution >= 0.6 is 0 Å². The van der Waals surface area contributed by atoms with Crippen LogP contribution in [0, 0.1) is 11.3 Å². The molecule has 0 radical (unpaired) electrons. The summed E-state index contributed by atoms with van der Waals surface area (Å²) in [6.45, 7) is -0.692. The van der Waals surface area contributed by atoms with Crippen LogP contribution in [0.25, 0.3) is 0 Å². The van der Waals surface area contributed by atoms with Crippen LogP contribution in [0.15, 0.2) is 24.3 Å². The Morgan fingerprint density at radius 2 is 2.00 bits per heavy atom. The van der Waals surface area contributed by atoms with Crippen LogP contribution in [0.1, 0.15) is 5.56 Å². The molecule has 0 aromatic heterocycles. The number of alkyl halides is 2. The van der Waals surface area contributed by atoms with Crippen LogP contribution in [-0.2, 0) is 0 Å². The molecule has 1 aromatic rings.